The second kappa shape index (κ2) is 8.79. The summed E-state index contributed by atoms with van der Waals surface area (Å²) in [6, 6.07) is 5.89. The largest absolute Gasteiger partial charge is 0.325 e. The highest BCUT2D eigenvalue weighted by Crippen LogP contribution is 2.26. The van der Waals surface area contributed by atoms with Gasteiger partial charge in [-0.25, -0.2) is 0 Å². The van der Waals surface area contributed by atoms with Crippen LogP contribution in [0.4, 0.5) is 10.8 Å². The van der Waals surface area contributed by atoms with E-state index < -0.39 is 0 Å². The Morgan fingerprint density at radius 1 is 1.17 bits per heavy atom. The SMILES string of the molecule is CCCC(=O)Nc1nnc(SCC(=O)Nc2ccc(C)cc2C)s1. The molecule has 1 heterocycles. The molecular formula is C16H20N4O2S2. The molecule has 2 N–H and O–H groups in total. The van der Waals surface area contributed by atoms with Gasteiger partial charge in [0.15, 0.2) is 4.34 Å². The first-order valence-corrected chi connectivity index (χ1v) is 9.41. The lowest BCUT2D eigenvalue weighted by molar-refractivity contribution is -0.116. The van der Waals surface area contributed by atoms with Crippen LogP contribution in [-0.2, 0) is 9.59 Å². The van der Waals surface area contributed by atoms with E-state index in [1.807, 2.05) is 39.0 Å². The van der Waals surface area contributed by atoms with Crippen LogP contribution in [0.25, 0.3) is 0 Å². The summed E-state index contributed by atoms with van der Waals surface area (Å²) in [5, 5.41) is 13.9. The molecule has 8 heteroatoms. The molecule has 0 aliphatic carbocycles. The number of anilines is 2. The quantitative estimate of drug-likeness (QED) is 0.579. The molecule has 0 aliphatic heterocycles. The number of nitrogens with zero attached hydrogens (tertiary/aromatic N) is 2. The van der Waals surface area contributed by atoms with Crippen LogP contribution in [-0.4, -0.2) is 27.8 Å². The van der Waals surface area contributed by atoms with E-state index in [-0.39, 0.29) is 17.6 Å². The molecule has 0 saturated heterocycles. The van der Waals surface area contributed by atoms with Crippen molar-refractivity contribution in [3.63, 3.8) is 0 Å². The Kier molecular flexibility index (Phi) is 6.74. The zero-order valence-corrected chi connectivity index (χ0v) is 15.5. The first-order chi connectivity index (χ1) is 11.5. The minimum Gasteiger partial charge on any atom is -0.325 e. The summed E-state index contributed by atoms with van der Waals surface area (Å²) in [5.74, 6) is 0.0710. The highest BCUT2D eigenvalue weighted by Gasteiger charge is 2.11. The number of nitrogens with one attached hydrogen (secondary N) is 2. The van der Waals surface area contributed by atoms with Gasteiger partial charge in [-0.05, 0) is 31.9 Å². The van der Waals surface area contributed by atoms with Gasteiger partial charge < -0.3 is 10.6 Å². The number of carbonyl (C=O) groups excluding carboxylic acids is 2. The van der Waals surface area contributed by atoms with Crippen LogP contribution in [0.5, 0.6) is 0 Å². The topological polar surface area (TPSA) is 84.0 Å². The van der Waals surface area contributed by atoms with Crippen molar-refractivity contribution < 1.29 is 9.59 Å². The molecule has 2 aromatic rings. The number of amides is 2. The van der Waals surface area contributed by atoms with Crippen molar-refractivity contribution in [2.75, 3.05) is 16.4 Å². The van der Waals surface area contributed by atoms with Crippen molar-refractivity contribution >= 4 is 45.7 Å². The van der Waals surface area contributed by atoms with Gasteiger partial charge in [-0.3, -0.25) is 9.59 Å². The standard InChI is InChI=1S/C16H20N4O2S2/c1-4-5-13(21)18-15-19-20-16(24-15)23-9-14(22)17-12-7-6-10(2)8-11(12)3/h6-8H,4-5,9H2,1-3H3,(H,17,22)(H,18,19,21). The Labute approximate surface area is 149 Å². The van der Waals surface area contributed by atoms with Crippen molar-refractivity contribution in [3.8, 4) is 0 Å². The fourth-order valence-corrected chi connectivity index (χ4v) is 3.56. The van der Waals surface area contributed by atoms with Gasteiger partial charge in [0.2, 0.25) is 16.9 Å². The molecule has 0 atom stereocenters. The van der Waals surface area contributed by atoms with Crippen LogP contribution < -0.4 is 10.6 Å². The zero-order valence-electron chi connectivity index (χ0n) is 13.9. The Morgan fingerprint density at radius 3 is 2.67 bits per heavy atom. The van der Waals surface area contributed by atoms with E-state index in [2.05, 4.69) is 20.8 Å². The lowest BCUT2D eigenvalue weighted by Crippen LogP contribution is -2.14. The number of aromatic nitrogens is 2. The average molecular weight is 364 g/mol. The smallest absolute Gasteiger partial charge is 0.234 e. The Balaban J connectivity index is 1.83. The maximum atomic E-state index is 12.0. The van der Waals surface area contributed by atoms with Gasteiger partial charge in [0, 0.05) is 12.1 Å². The Hall–Kier alpha value is -1.93. The summed E-state index contributed by atoms with van der Waals surface area (Å²) in [4.78, 5) is 23.6. The molecule has 128 valence electrons. The predicted octanol–water partition coefficient (Wildman–Crippen LogP) is 3.62. The minimum atomic E-state index is -0.0984. The van der Waals surface area contributed by atoms with Crippen LogP contribution in [0.15, 0.2) is 22.5 Å². The van der Waals surface area contributed by atoms with Crippen LogP contribution in [0.1, 0.15) is 30.9 Å². The highest BCUT2D eigenvalue weighted by atomic mass is 32.2. The van der Waals surface area contributed by atoms with Gasteiger partial charge in [-0.2, -0.15) is 0 Å². The van der Waals surface area contributed by atoms with E-state index in [4.69, 9.17) is 0 Å². The molecule has 0 unspecified atom stereocenters. The Bertz CT molecular complexity index is 731. The summed E-state index contributed by atoms with van der Waals surface area (Å²) < 4.78 is 0.651. The monoisotopic (exact) mass is 364 g/mol. The van der Waals surface area contributed by atoms with Crippen LogP contribution in [0.2, 0.25) is 0 Å². The maximum Gasteiger partial charge on any atom is 0.234 e. The summed E-state index contributed by atoms with van der Waals surface area (Å²) >= 11 is 2.57. The molecule has 0 aliphatic rings. The first kappa shape index (κ1) is 18.4. The fourth-order valence-electron chi connectivity index (χ4n) is 1.99. The van der Waals surface area contributed by atoms with Gasteiger partial charge in [0.1, 0.15) is 0 Å². The van der Waals surface area contributed by atoms with E-state index in [1.54, 1.807) is 0 Å². The van der Waals surface area contributed by atoms with Gasteiger partial charge in [0.25, 0.3) is 0 Å². The van der Waals surface area contributed by atoms with Gasteiger partial charge in [0.05, 0.1) is 5.75 Å². The van der Waals surface area contributed by atoms with Crippen molar-refractivity contribution in [1.29, 1.82) is 0 Å². The van der Waals surface area contributed by atoms with Crippen molar-refractivity contribution in [2.24, 2.45) is 0 Å². The van der Waals surface area contributed by atoms with Crippen molar-refractivity contribution in [2.45, 2.75) is 38.0 Å². The zero-order chi connectivity index (χ0) is 17.5. The summed E-state index contributed by atoms with van der Waals surface area (Å²) in [6.45, 7) is 5.92. The second-order valence-electron chi connectivity index (χ2n) is 5.33. The Morgan fingerprint density at radius 2 is 1.96 bits per heavy atom. The van der Waals surface area contributed by atoms with Gasteiger partial charge in [-0.15, -0.1) is 10.2 Å². The third kappa shape index (κ3) is 5.61. The van der Waals surface area contributed by atoms with Crippen LogP contribution >= 0.6 is 23.1 Å². The number of hydrogen-bond donors (Lipinski definition) is 2. The lowest BCUT2D eigenvalue weighted by atomic mass is 10.1. The lowest BCUT2D eigenvalue weighted by Gasteiger charge is -2.08. The molecule has 24 heavy (non-hydrogen) atoms. The third-order valence-electron chi connectivity index (χ3n) is 3.11. The minimum absolute atomic E-state index is 0.0715. The van der Waals surface area contributed by atoms with E-state index in [1.165, 1.54) is 23.1 Å². The molecule has 6 nitrogen and oxygen atoms in total. The molecule has 0 spiro atoms. The second-order valence-corrected chi connectivity index (χ2v) is 7.53. The van der Waals surface area contributed by atoms with Gasteiger partial charge in [-0.1, -0.05) is 47.7 Å². The number of aryl methyl sites for hydroxylation is 2. The molecule has 2 rings (SSSR count). The van der Waals surface area contributed by atoms with Crippen molar-refractivity contribution in [1.82, 2.24) is 10.2 Å². The van der Waals surface area contributed by atoms with Crippen LogP contribution in [0, 0.1) is 13.8 Å². The number of rotatable bonds is 7. The van der Waals surface area contributed by atoms with Gasteiger partial charge >= 0.3 is 0 Å². The molecule has 0 fully saturated rings. The maximum absolute atomic E-state index is 12.0. The molecule has 1 aromatic carbocycles. The van der Waals surface area contributed by atoms with Crippen molar-refractivity contribution in [3.05, 3.63) is 29.3 Å². The molecule has 2 amide bonds. The summed E-state index contributed by atoms with van der Waals surface area (Å²) in [5.41, 5.74) is 3.01. The van der Waals surface area contributed by atoms with E-state index in [9.17, 15) is 9.59 Å². The normalized spacial score (nSPS) is 10.5. The summed E-state index contributed by atoms with van der Waals surface area (Å²) in [7, 11) is 0. The van der Waals surface area contributed by atoms with E-state index in [0.717, 1.165) is 23.2 Å². The first-order valence-electron chi connectivity index (χ1n) is 7.61. The third-order valence-corrected chi connectivity index (χ3v) is 5.08. The molecular weight excluding hydrogens is 344 g/mol. The highest BCUT2D eigenvalue weighted by molar-refractivity contribution is 8.01. The number of hydrogen-bond acceptors (Lipinski definition) is 6. The number of benzene rings is 1. The van der Waals surface area contributed by atoms with Crippen LogP contribution in [0.3, 0.4) is 0 Å². The number of thioether (sulfide) groups is 1. The average Bonchev–Trinajstić information content (AvgIpc) is 2.96. The molecule has 0 radical (unpaired) electrons. The molecule has 0 saturated carbocycles. The predicted molar refractivity (Wildman–Crippen MR) is 98.7 cm³/mol. The summed E-state index contributed by atoms with van der Waals surface area (Å²) in [6.07, 6.45) is 1.24. The van der Waals surface area contributed by atoms with E-state index >= 15 is 0 Å². The fraction of sp³-hybridized carbons (Fsp3) is 0.375. The number of carbonyl (C=O) groups is 2. The molecule has 1 aromatic heterocycles. The molecule has 0 bridgehead atoms. The van der Waals surface area contributed by atoms with E-state index in [0.29, 0.717) is 15.9 Å².